The molecule has 0 saturated heterocycles. The number of hydrogen-bond acceptors (Lipinski definition) is 5. The number of ether oxygens (including phenoxy) is 1. The maximum absolute atomic E-state index is 5.51. The topological polar surface area (TPSA) is 48.9 Å². The highest BCUT2D eigenvalue weighted by Gasteiger charge is 2.31. The molecular formula is C23H30N4O. The lowest BCUT2D eigenvalue weighted by molar-refractivity contribution is 0.283. The minimum Gasteiger partial charge on any atom is -0.501 e. The van der Waals surface area contributed by atoms with E-state index in [4.69, 9.17) is 9.73 Å². The number of aliphatic imine (C=N–C) groups is 1. The van der Waals surface area contributed by atoms with Crippen molar-refractivity contribution in [3.63, 3.8) is 0 Å². The maximum atomic E-state index is 5.51. The summed E-state index contributed by atoms with van der Waals surface area (Å²) in [5.74, 6) is 2.94. The highest BCUT2D eigenvalue weighted by molar-refractivity contribution is 5.90. The molecule has 0 aromatic heterocycles. The monoisotopic (exact) mass is 378 g/mol. The van der Waals surface area contributed by atoms with Gasteiger partial charge in [-0.2, -0.15) is 0 Å². The SMILES string of the molecule is CNC1CCC2=C(C1)C1=CC=C(NC3=CC=C(C)CC(OC)=C3)N=C(C1)N2C. The molecule has 0 saturated carbocycles. The number of hydrogen-bond donors (Lipinski definition) is 2. The van der Waals surface area contributed by atoms with Crippen LogP contribution in [0.2, 0.25) is 0 Å². The third-order valence-corrected chi connectivity index (χ3v) is 6.01. The van der Waals surface area contributed by atoms with Gasteiger partial charge in [0.1, 0.15) is 17.4 Å². The third kappa shape index (κ3) is 3.72. The first-order chi connectivity index (χ1) is 13.6. The summed E-state index contributed by atoms with van der Waals surface area (Å²) in [6, 6.07) is 0.570. The molecule has 0 spiro atoms. The average Bonchev–Trinajstić information content (AvgIpc) is 3.01. The van der Waals surface area contributed by atoms with Gasteiger partial charge in [-0.05, 0) is 62.6 Å². The van der Waals surface area contributed by atoms with Crippen molar-refractivity contribution < 1.29 is 4.74 Å². The second-order valence-corrected chi connectivity index (χ2v) is 7.91. The molecule has 2 N–H and O–H groups in total. The molecule has 5 heteroatoms. The van der Waals surface area contributed by atoms with E-state index in [9.17, 15) is 0 Å². The largest absolute Gasteiger partial charge is 0.501 e. The van der Waals surface area contributed by atoms with Gasteiger partial charge in [-0.3, -0.25) is 0 Å². The fourth-order valence-corrected chi connectivity index (χ4v) is 4.31. The zero-order chi connectivity index (χ0) is 19.7. The van der Waals surface area contributed by atoms with E-state index < -0.39 is 0 Å². The molecule has 4 aliphatic rings. The molecule has 0 aromatic carbocycles. The van der Waals surface area contributed by atoms with Crippen molar-refractivity contribution in [2.75, 3.05) is 21.2 Å². The quantitative estimate of drug-likeness (QED) is 0.779. The van der Waals surface area contributed by atoms with E-state index in [-0.39, 0.29) is 0 Å². The molecule has 1 unspecified atom stereocenters. The van der Waals surface area contributed by atoms with E-state index in [1.165, 1.54) is 28.8 Å². The molecule has 5 nitrogen and oxygen atoms in total. The van der Waals surface area contributed by atoms with Crippen LogP contribution in [0.4, 0.5) is 0 Å². The summed E-state index contributed by atoms with van der Waals surface area (Å²) in [4.78, 5) is 7.27. The summed E-state index contributed by atoms with van der Waals surface area (Å²) < 4.78 is 5.51. The van der Waals surface area contributed by atoms with Crippen molar-refractivity contribution in [3.8, 4) is 0 Å². The van der Waals surface area contributed by atoms with Crippen LogP contribution < -0.4 is 10.6 Å². The Labute approximate surface area is 167 Å². The minimum absolute atomic E-state index is 0.570. The van der Waals surface area contributed by atoms with Crippen molar-refractivity contribution in [1.82, 2.24) is 15.5 Å². The molecule has 0 amide bonds. The van der Waals surface area contributed by atoms with Crippen LogP contribution >= 0.6 is 0 Å². The highest BCUT2D eigenvalue weighted by Crippen LogP contribution is 2.38. The predicted octanol–water partition coefficient (Wildman–Crippen LogP) is 3.88. The van der Waals surface area contributed by atoms with Crippen LogP contribution in [0, 0.1) is 0 Å². The van der Waals surface area contributed by atoms with Gasteiger partial charge in [-0.1, -0.05) is 17.7 Å². The van der Waals surface area contributed by atoms with Crippen molar-refractivity contribution >= 4 is 5.84 Å². The van der Waals surface area contributed by atoms with Gasteiger partial charge in [0.05, 0.1) is 7.11 Å². The molecule has 0 radical (unpaired) electrons. The summed E-state index contributed by atoms with van der Waals surface area (Å²) in [6.07, 6.45) is 15.8. The van der Waals surface area contributed by atoms with Crippen molar-refractivity contribution in [1.29, 1.82) is 0 Å². The van der Waals surface area contributed by atoms with Crippen molar-refractivity contribution in [3.05, 3.63) is 70.1 Å². The number of amidine groups is 1. The number of allylic oxidation sites excluding steroid dienone is 7. The molecule has 2 heterocycles. The van der Waals surface area contributed by atoms with Gasteiger partial charge in [-0.25, -0.2) is 4.99 Å². The highest BCUT2D eigenvalue weighted by atomic mass is 16.5. The summed E-state index contributed by atoms with van der Waals surface area (Å²) in [5.41, 5.74) is 6.61. The fourth-order valence-electron chi connectivity index (χ4n) is 4.31. The summed E-state index contributed by atoms with van der Waals surface area (Å²) in [5, 5.41) is 6.94. The Bertz CT molecular complexity index is 882. The Hall–Kier alpha value is -2.53. The van der Waals surface area contributed by atoms with Gasteiger partial charge >= 0.3 is 0 Å². The fraction of sp³-hybridized carbons (Fsp3) is 0.435. The first-order valence-electron chi connectivity index (χ1n) is 10.1. The van der Waals surface area contributed by atoms with Crippen LogP contribution in [-0.2, 0) is 4.74 Å². The lowest BCUT2D eigenvalue weighted by Gasteiger charge is -2.38. The zero-order valence-electron chi connectivity index (χ0n) is 17.3. The van der Waals surface area contributed by atoms with Crippen LogP contribution in [0.25, 0.3) is 0 Å². The van der Waals surface area contributed by atoms with Crippen LogP contribution in [0.3, 0.4) is 0 Å². The molecule has 1 atom stereocenters. The number of nitrogens with one attached hydrogen (secondary N) is 2. The van der Waals surface area contributed by atoms with E-state index in [0.29, 0.717) is 6.04 Å². The number of rotatable bonds is 4. The van der Waals surface area contributed by atoms with E-state index in [2.05, 4.69) is 66.9 Å². The first-order valence-corrected chi connectivity index (χ1v) is 10.1. The van der Waals surface area contributed by atoms with Crippen LogP contribution in [-0.4, -0.2) is 38.0 Å². The van der Waals surface area contributed by atoms with E-state index in [0.717, 1.165) is 48.8 Å². The Morgan fingerprint density at radius 3 is 2.82 bits per heavy atom. The molecule has 2 aliphatic heterocycles. The summed E-state index contributed by atoms with van der Waals surface area (Å²) in [7, 11) is 5.95. The minimum atomic E-state index is 0.570. The second kappa shape index (κ2) is 7.84. The average molecular weight is 379 g/mol. The van der Waals surface area contributed by atoms with Gasteiger partial charge in [-0.15, -0.1) is 0 Å². The molecular weight excluding hydrogens is 348 g/mol. The van der Waals surface area contributed by atoms with Gasteiger partial charge in [0.15, 0.2) is 0 Å². The standard InChI is InChI=1S/C23H30N4O/c1-15-5-7-18(13-19(11-15)28-4)25-22-10-6-16-12-23(26-22)27(3)21-9-8-17(24-2)14-20(16)21/h5-7,10,13,17,24-25H,8-9,11-12,14H2,1-4H3. The summed E-state index contributed by atoms with van der Waals surface area (Å²) in [6.45, 7) is 2.12. The van der Waals surface area contributed by atoms with Gasteiger partial charge < -0.3 is 20.3 Å². The Balaban J connectivity index is 1.62. The molecule has 28 heavy (non-hydrogen) atoms. The van der Waals surface area contributed by atoms with Gasteiger partial charge in [0.25, 0.3) is 0 Å². The summed E-state index contributed by atoms with van der Waals surface area (Å²) >= 11 is 0. The Morgan fingerprint density at radius 2 is 2.04 bits per heavy atom. The van der Waals surface area contributed by atoms with E-state index in [1.54, 1.807) is 7.11 Å². The molecule has 2 bridgehead atoms. The zero-order valence-corrected chi connectivity index (χ0v) is 17.3. The molecule has 0 aromatic rings. The second-order valence-electron chi connectivity index (χ2n) is 7.91. The van der Waals surface area contributed by atoms with Crippen LogP contribution in [0.1, 0.15) is 39.0 Å². The van der Waals surface area contributed by atoms with Crippen molar-refractivity contribution in [2.24, 2.45) is 4.99 Å². The van der Waals surface area contributed by atoms with Crippen LogP contribution in [0.15, 0.2) is 75.1 Å². The molecule has 4 rings (SSSR count). The smallest absolute Gasteiger partial charge is 0.132 e. The van der Waals surface area contributed by atoms with Gasteiger partial charge in [0, 0.05) is 37.3 Å². The molecule has 0 fully saturated rings. The van der Waals surface area contributed by atoms with E-state index in [1.807, 2.05) is 0 Å². The predicted molar refractivity (Wildman–Crippen MR) is 114 cm³/mol. The normalized spacial score (nSPS) is 24.6. The lowest BCUT2D eigenvalue weighted by atomic mass is 9.83. The van der Waals surface area contributed by atoms with Gasteiger partial charge in [0.2, 0.25) is 0 Å². The van der Waals surface area contributed by atoms with Crippen LogP contribution in [0.5, 0.6) is 0 Å². The van der Waals surface area contributed by atoms with E-state index >= 15 is 0 Å². The lowest BCUT2D eigenvalue weighted by Crippen LogP contribution is -2.38. The third-order valence-electron chi connectivity index (χ3n) is 6.01. The number of methoxy groups -OCH3 is 1. The maximum Gasteiger partial charge on any atom is 0.132 e. The number of fused-ring (bicyclic) bond motifs is 3. The van der Waals surface area contributed by atoms with Crippen molar-refractivity contribution in [2.45, 2.75) is 45.1 Å². The number of nitrogens with zero attached hydrogens (tertiary/aromatic N) is 2. The molecule has 2 aliphatic carbocycles. The Morgan fingerprint density at radius 1 is 1.18 bits per heavy atom. The molecule has 148 valence electrons. The Kier molecular flexibility index (Phi) is 5.27. The first kappa shape index (κ1) is 18.8.